The molecule has 3 rings (SSSR count). The fourth-order valence-corrected chi connectivity index (χ4v) is 4.47. The number of carbonyl (C=O) groups is 2. The second-order valence-corrected chi connectivity index (χ2v) is 7.85. The molecule has 26 heavy (non-hydrogen) atoms. The number of rotatable bonds is 6. The third-order valence-electron chi connectivity index (χ3n) is 6.11. The van der Waals surface area contributed by atoms with Crippen LogP contribution in [0.2, 0.25) is 0 Å². The Balaban J connectivity index is 1.48. The lowest BCUT2D eigenvalue weighted by molar-refractivity contribution is -0.136. The van der Waals surface area contributed by atoms with Crippen molar-refractivity contribution in [2.45, 2.75) is 71.4 Å². The molecule has 6 nitrogen and oxygen atoms in total. The lowest BCUT2D eigenvalue weighted by atomic mass is 9.99. The molecule has 0 N–H and O–H groups in total. The number of aromatic nitrogens is 2. The number of hydrogen-bond acceptors (Lipinski definition) is 3. The van der Waals surface area contributed by atoms with Crippen LogP contribution in [-0.4, -0.2) is 56.8 Å². The summed E-state index contributed by atoms with van der Waals surface area (Å²) in [5, 5.41) is 0. The van der Waals surface area contributed by atoms with Gasteiger partial charge in [-0.25, -0.2) is 4.98 Å². The van der Waals surface area contributed by atoms with Crippen LogP contribution in [0.5, 0.6) is 0 Å². The van der Waals surface area contributed by atoms with Gasteiger partial charge >= 0.3 is 0 Å². The van der Waals surface area contributed by atoms with Crippen LogP contribution in [0.3, 0.4) is 0 Å². The summed E-state index contributed by atoms with van der Waals surface area (Å²) in [6, 6.07) is 0.242. The molecule has 0 bridgehead atoms. The van der Waals surface area contributed by atoms with Crippen molar-refractivity contribution in [1.29, 1.82) is 0 Å². The Kier molecular flexibility index (Phi) is 6.33. The highest BCUT2D eigenvalue weighted by atomic mass is 16.2. The maximum Gasteiger partial charge on any atom is 0.222 e. The average molecular weight is 361 g/mol. The first-order valence-electron chi connectivity index (χ1n) is 10.1. The van der Waals surface area contributed by atoms with Gasteiger partial charge in [0.05, 0.1) is 0 Å². The van der Waals surface area contributed by atoms with Crippen molar-refractivity contribution in [2.24, 2.45) is 5.92 Å². The summed E-state index contributed by atoms with van der Waals surface area (Å²) in [4.78, 5) is 32.9. The van der Waals surface area contributed by atoms with E-state index in [0.717, 1.165) is 44.7 Å². The van der Waals surface area contributed by atoms with Crippen molar-refractivity contribution in [3.8, 4) is 0 Å². The summed E-state index contributed by atoms with van der Waals surface area (Å²) in [7, 11) is 0. The van der Waals surface area contributed by atoms with E-state index in [1.54, 1.807) is 13.1 Å². The Morgan fingerprint density at radius 2 is 1.88 bits per heavy atom. The van der Waals surface area contributed by atoms with Crippen LogP contribution in [0.15, 0.2) is 12.4 Å². The van der Waals surface area contributed by atoms with Crippen LogP contribution >= 0.6 is 0 Å². The van der Waals surface area contributed by atoms with Gasteiger partial charge in [-0.3, -0.25) is 9.59 Å². The molecule has 1 aliphatic heterocycles. The van der Waals surface area contributed by atoms with Gasteiger partial charge in [0.2, 0.25) is 11.8 Å². The summed E-state index contributed by atoms with van der Waals surface area (Å²) in [5.41, 5.74) is 0. The van der Waals surface area contributed by atoms with E-state index in [4.69, 9.17) is 0 Å². The zero-order chi connectivity index (χ0) is 18.5. The highest BCUT2D eigenvalue weighted by Crippen LogP contribution is 2.28. The molecular formula is C20H32N4O2. The number of imidazole rings is 1. The molecule has 2 aliphatic rings. The minimum Gasteiger partial charge on any atom is -0.343 e. The molecule has 6 heteroatoms. The Hall–Kier alpha value is -1.85. The molecule has 1 aliphatic carbocycles. The number of aryl methyl sites for hydroxylation is 1. The van der Waals surface area contributed by atoms with E-state index in [1.807, 2.05) is 22.9 Å². The monoisotopic (exact) mass is 360 g/mol. The Morgan fingerprint density at radius 3 is 2.46 bits per heavy atom. The molecule has 0 spiro atoms. The van der Waals surface area contributed by atoms with Crippen molar-refractivity contribution in [3.63, 3.8) is 0 Å². The third-order valence-corrected chi connectivity index (χ3v) is 6.11. The topological polar surface area (TPSA) is 58.4 Å². The summed E-state index contributed by atoms with van der Waals surface area (Å²) in [6.07, 6.45) is 11.2. The van der Waals surface area contributed by atoms with Gasteiger partial charge in [-0.15, -0.1) is 0 Å². The molecule has 1 aromatic heterocycles. The Labute approximate surface area is 156 Å². The summed E-state index contributed by atoms with van der Waals surface area (Å²) >= 11 is 0. The van der Waals surface area contributed by atoms with Gasteiger partial charge in [-0.05, 0) is 38.5 Å². The minimum absolute atomic E-state index is 0.124. The van der Waals surface area contributed by atoms with Crippen LogP contribution in [0.25, 0.3) is 0 Å². The average Bonchev–Trinajstić information content (AvgIpc) is 3.27. The second-order valence-electron chi connectivity index (χ2n) is 7.85. The van der Waals surface area contributed by atoms with E-state index in [1.165, 1.54) is 25.7 Å². The highest BCUT2D eigenvalue weighted by Gasteiger charge is 2.29. The van der Waals surface area contributed by atoms with Gasteiger partial charge in [-0.2, -0.15) is 0 Å². The van der Waals surface area contributed by atoms with Crippen LogP contribution in [0.4, 0.5) is 0 Å². The van der Waals surface area contributed by atoms with Gasteiger partial charge in [0.25, 0.3) is 0 Å². The fraction of sp³-hybridized carbons (Fsp3) is 0.750. The number of likely N-dealkylation sites (tertiary alicyclic amines) is 1. The van der Waals surface area contributed by atoms with Crippen molar-refractivity contribution in [1.82, 2.24) is 19.4 Å². The number of carbonyl (C=O) groups excluding carboxylic acids is 2. The zero-order valence-corrected chi connectivity index (χ0v) is 16.2. The molecule has 0 aromatic carbocycles. The van der Waals surface area contributed by atoms with E-state index in [0.29, 0.717) is 18.4 Å². The van der Waals surface area contributed by atoms with Crippen LogP contribution in [0, 0.1) is 12.8 Å². The number of nitrogens with zero attached hydrogens (tertiary/aromatic N) is 4. The normalized spacial score (nSPS) is 19.1. The van der Waals surface area contributed by atoms with E-state index in [-0.39, 0.29) is 11.9 Å². The molecule has 1 saturated carbocycles. The molecule has 0 radical (unpaired) electrons. The van der Waals surface area contributed by atoms with Crippen molar-refractivity contribution < 1.29 is 9.59 Å². The first-order valence-corrected chi connectivity index (χ1v) is 10.1. The summed E-state index contributed by atoms with van der Waals surface area (Å²) in [5.74, 6) is 2.02. The maximum atomic E-state index is 12.5. The molecule has 2 heterocycles. The van der Waals surface area contributed by atoms with Crippen molar-refractivity contribution in [3.05, 3.63) is 18.2 Å². The standard InChI is InChI=1S/C20H32N4O2/c1-16-21-9-12-22(16)13-14-24(17(2)25)19-7-10-23(11-8-19)20(26)15-18-5-3-4-6-18/h9,12,18-19H,3-8,10-11,13-15H2,1-2H3. The van der Waals surface area contributed by atoms with Gasteiger partial charge in [0.1, 0.15) is 5.82 Å². The zero-order valence-electron chi connectivity index (χ0n) is 16.2. The van der Waals surface area contributed by atoms with Crippen LogP contribution in [-0.2, 0) is 16.1 Å². The van der Waals surface area contributed by atoms with E-state index in [9.17, 15) is 9.59 Å². The molecule has 2 amide bonds. The number of amides is 2. The van der Waals surface area contributed by atoms with Crippen LogP contribution in [0.1, 0.15) is 57.7 Å². The SMILES string of the molecule is CC(=O)N(CCn1ccnc1C)C1CCN(C(=O)CC2CCCC2)CC1. The quantitative estimate of drug-likeness (QED) is 0.783. The number of hydrogen-bond donors (Lipinski definition) is 0. The smallest absolute Gasteiger partial charge is 0.222 e. The van der Waals surface area contributed by atoms with Crippen molar-refractivity contribution in [2.75, 3.05) is 19.6 Å². The third kappa shape index (κ3) is 4.65. The lowest BCUT2D eigenvalue weighted by Crippen LogP contribution is -2.49. The van der Waals surface area contributed by atoms with Crippen LogP contribution < -0.4 is 0 Å². The first-order chi connectivity index (χ1) is 12.5. The van der Waals surface area contributed by atoms with Gasteiger partial charge < -0.3 is 14.4 Å². The minimum atomic E-state index is 0.124. The first kappa shape index (κ1) is 18.9. The predicted molar refractivity (Wildman–Crippen MR) is 101 cm³/mol. The Morgan fingerprint density at radius 1 is 1.19 bits per heavy atom. The van der Waals surface area contributed by atoms with Crippen molar-refractivity contribution >= 4 is 11.8 Å². The molecule has 1 aromatic rings. The molecule has 2 fully saturated rings. The molecular weight excluding hydrogens is 328 g/mol. The van der Waals surface area contributed by atoms with E-state index < -0.39 is 0 Å². The molecule has 0 atom stereocenters. The maximum absolute atomic E-state index is 12.5. The molecule has 144 valence electrons. The summed E-state index contributed by atoms with van der Waals surface area (Å²) < 4.78 is 2.08. The molecule has 0 unspecified atom stereocenters. The molecule has 1 saturated heterocycles. The van der Waals surface area contributed by atoms with Gasteiger partial charge in [-0.1, -0.05) is 12.8 Å². The largest absolute Gasteiger partial charge is 0.343 e. The Bertz CT molecular complexity index is 613. The number of piperidine rings is 1. The predicted octanol–water partition coefficient (Wildman–Crippen LogP) is 2.61. The highest BCUT2D eigenvalue weighted by molar-refractivity contribution is 5.77. The second kappa shape index (κ2) is 8.69. The lowest BCUT2D eigenvalue weighted by Gasteiger charge is -2.38. The fourth-order valence-electron chi connectivity index (χ4n) is 4.47. The summed E-state index contributed by atoms with van der Waals surface area (Å²) in [6.45, 7) is 6.67. The van der Waals surface area contributed by atoms with E-state index >= 15 is 0 Å². The van der Waals surface area contributed by atoms with E-state index in [2.05, 4.69) is 9.55 Å². The van der Waals surface area contributed by atoms with Gasteiger partial charge in [0, 0.05) is 58.0 Å². The van der Waals surface area contributed by atoms with Gasteiger partial charge in [0.15, 0.2) is 0 Å².